The zero-order valence-corrected chi connectivity index (χ0v) is 25.3. The predicted octanol–water partition coefficient (Wildman–Crippen LogP) is 0.783. The fourth-order valence-electron chi connectivity index (χ4n) is 5.04. The summed E-state index contributed by atoms with van der Waals surface area (Å²) in [6.07, 6.45) is 4.67. The van der Waals surface area contributed by atoms with E-state index in [0.717, 1.165) is 22.0 Å². The number of nitrogens with two attached hydrogens (primary N) is 3. The summed E-state index contributed by atoms with van der Waals surface area (Å²) < 4.78 is 0. The van der Waals surface area contributed by atoms with Gasteiger partial charge in [0.15, 0.2) is 0 Å². The maximum Gasteiger partial charge on any atom is 0.326 e. The van der Waals surface area contributed by atoms with Gasteiger partial charge in [-0.1, -0.05) is 30.3 Å². The van der Waals surface area contributed by atoms with Crippen LogP contribution in [0.3, 0.4) is 0 Å². The fraction of sp³-hybridized carbons (Fsp3) is 0.438. The standard InChI is InChI=1S/C32H45N7O6/c33-15-5-3-9-26(30(42)38-27(32(44)45)10-4-6-16-34)37-31(43)28(18-21-19-36-25-8-2-1-7-23(21)25)39-29(41)24(35)17-20-11-13-22(40)14-12-20/h1-2,7-8,11-14,19,24,26-28,36,40H,3-6,9-10,15-18,33-35H2,(H,37,43)(H,38,42)(H,39,41)(H,44,45). The molecule has 4 unspecified atom stereocenters. The summed E-state index contributed by atoms with van der Waals surface area (Å²) in [7, 11) is 0. The first-order valence-corrected chi connectivity index (χ1v) is 15.3. The molecular weight excluding hydrogens is 578 g/mol. The summed E-state index contributed by atoms with van der Waals surface area (Å²) in [5.74, 6) is -2.92. The monoisotopic (exact) mass is 623 g/mol. The van der Waals surface area contributed by atoms with Gasteiger partial charge >= 0.3 is 5.97 Å². The largest absolute Gasteiger partial charge is 0.508 e. The third-order valence-corrected chi connectivity index (χ3v) is 7.60. The van der Waals surface area contributed by atoms with Crippen LogP contribution in [0.25, 0.3) is 10.9 Å². The SMILES string of the molecule is NCCCCC(NC(=O)C(CCCCN)NC(=O)C(Cc1c[nH]c2ccccc12)NC(=O)C(N)Cc1ccc(O)cc1)C(=O)O. The minimum Gasteiger partial charge on any atom is -0.508 e. The number of fused-ring (bicyclic) bond motifs is 1. The quantitative estimate of drug-likeness (QED) is 0.0856. The lowest BCUT2D eigenvalue weighted by Crippen LogP contribution is -2.57. The number of carboxylic acids is 1. The van der Waals surface area contributed by atoms with Crippen molar-refractivity contribution in [1.82, 2.24) is 20.9 Å². The van der Waals surface area contributed by atoms with Crippen LogP contribution in [0.2, 0.25) is 0 Å². The minimum absolute atomic E-state index is 0.0857. The van der Waals surface area contributed by atoms with E-state index in [-0.39, 0.29) is 31.4 Å². The van der Waals surface area contributed by atoms with E-state index in [1.165, 1.54) is 12.1 Å². The highest BCUT2D eigenvalue weighted by molar-refractivity contribution is 5.95. The van der Waals surface area contributed by atoms with Crippen molar-refractivity contribution in [2.24, 2.45) is 17.2 Å². The number of rotatable bonds is 19. The molecule has 0 radical (unpaired) electrons. The summed E-state index contributed by atoms with van der Waals surface area (Å²) in [6, 6.07) is 9.53. The first-order valence-electron chi connectivity index (χ1n) is 15.3. The smallest absolute Gasteiger partial charge is 0.326 e. The van der Waals surface area contributed by atoms with E-state index in [2.05, 4.69) is 20.9 Å². The Hall–Kier alpha value is -4.46. The maximum atomic E-state index is 13.8. The van der Waals surface area contributed by atoms with E-state index in [9.17, 15) is 29.4 Å². The maximum absolute atomic E-state index is 13.8. The number of hydrogen-bond acceptors (Lipinski definition) is 8. The third-order valence-electron chi connectivity index (χ3n) is 7.60. The molecule has 2 aromatic carbocycles. The second-order valence-electron chi connectivity index (χ2n) is 11.1. The second kappa shape index (κ2) is 17.7. The Morgan fingerprint density at radius 3 is 1.96 bits per heavy atom. The fourth-order valence-corrected chi connectivity index (χ4v) is 5.04. The Morgan fingerprint density at radius 1 is 0.733 bits per heavy atom. The molecule has 3 amide bonds. The van der Waals surface area contributed by atoms with Crippen LogP contribution in [-0.2, 0) is 32.0 Å². The number of carboxylic acid groups (broad SMARTS) is 1. The van der Waals surface area contributed by atoms with Crippen molar-refractivity contribution in [3.05, 3.63) is 65.9 Å². The van der Waals surface area contributed by atoms with Gasteiger partial charge in [-0.2, -0.15) is 0 Å². The van der Waals surface area contributed by atoms with Crippen molar-refractivity contribution in [2.45, 2.75) is 75.5 Å². The van der Waals surface area contributed by atoms with Crippen molar-refractivity contribution >= 4 is 34.6 Å². The van der Waals surface area contributed by atoms with E-state index in [1.807, 2.05) is 24.3 Å². The number of aliphatic carboxylic acids is 1. The molecule has 45 heavy (non-hydrogen) atoms. The van der Waals surface area contributed by atoms with Crippen LogP contribution in [0.15, 0.2) is 54.7 Å². The molecule has 0 bridgehead atoms. The highest BCUT2D eigenvalue weighted by Gasteiger charge is 2.31. The lowest BCUT2D eigenvalue weighted by Gasteiger charge is -2.25. The summed E-state index contributed by atoms with van der Waals surface area (Å²) in [5, 5.41) is 28.2. The van der Waals surface area contributed by atoms with E-state index >= 15 is 0 Å². The van der Waals surface area contributed by atoms with Gasteiger partial charge in [-0.3, -0.25) is 14.4 Å². The van der Waals surface area contributed by atoms with Crippen LogP contribution in [0, 0.1) is 0 Å². The first-order chi connectivity index (χ1) is 21.6. The molecule has 4 atom stereocenters. The molecule has 13 nitrogen and oxygen atoms in total. The molecule has 0 aliphatic rings. The molecule has 1 aromatic heterocycles. The lowest BCUT2D eigenvalue weighted by atomic mass is 10.0. The van der Waals surface area contributed by atoms with E-state index in [4.69, 9.17) is 17.2 Å². The molecule has 13 heteroatoms. The van der Waals surface area contributed by atoms with Crippen LogP contribution >= 0.6 is 0 Å². The number of phenolic OH excluding ortho intramolecular Hbond substituents is 1. The third kappa shape index (κ3) is 10.9. The molecule has 0 spiro atoms. The summed E-state index contributed by atoms with van der Waals surface area (Å²) in [4.78, 5) is 55.4. The second-order valence-corrected chi connectivity index (χ2v) is 11.1. The minimum atomic E-state index is -1.18. The van der Waals surface area contributed by atoms with Crippen LogP contribution in [0.1, 0.15) is 49.7 Å². The molecule has 1 heterocycles. The highest BCUT2D eigenvalue weighted by Crippen LogP contribution is 2.20. The number of aromatic nitrogens is 1. The molecule has 12 N–H and O–H groups in total. The van der Waals surface area contributed by atoms with Crippen molar-refractivity contribution in [1.29, 1.82) is 0 Å². The Kier molecular flexibility index (Phi) is 13.8. The molecule has 0 aliphatic carbocycles. The number of phenols is 1. The number of unbranched alkanes of at least 4 members (excludes halogenated alkanes) is 2. The molecule has 3 rings (SSSR count). The van der Waals surface area contributed by atoms with Gasteiger partial charge in [0.1, 0.15) is 23.9 Å². The lowest BCUT2D eigenvalue weighted by molar-refractivity contribution is -0.142. The van der Waals surface area contributed by atoms with Crippen LogP contribution in [0.5, 0.6) is 5.75 Å². The average molecular weight is 624 g/mol. The van der Waals surface area contributed by atoms with Gasteiger partial charge in [0.05, 0.1) is 6.04 Å². The van der Waals surface area contributed by atoms with Crippen LogP contribution < -0.4 is 33.2 Å². The molecule has 0 aliphatic heterocycles. The van der Waals surface area contributed by atoms with Gasteiger partial charge in [0, 0.05) is 23.5 Å². The van der Waals surface area contributed by atoms with Crippen LogP contribution in [-0.4, -0.2) is 76.1 Å². The highest BCUT2D eigenvalue weighted by atomic mass is 16.4. The molecular formula is C32H45N7O6. The molecule has 0 saturated heterocycles. The Bertz CT molecular complexity index is 1410. The van der Waals surface area contributed by atoms with Crippen molar-refractivity contribution < 1.29 is 29.4 Å². The van der Waals surface area contributed by atoms with Crippen molar-refractivity contribution in [3.8, 4) is 5.75 Å². The summed E-state index contributed by atoms with van der Waals surface area (Å²) in [5.41, 5.74) is 19.7. The number of amides is 3. The van der Waals surface area contributed by atoms with Gasteiger partial charge in [0.2, 0.25) is 17.7 Å². The van der Waals surface area contributed by atoms with Crippen molar-refractivity contribution in [2.75, 3.05) is 13.1 Å². The number of aromatic amines is 1. The molecule has 3 aromatic rings. The Labute approximate surface area is 262 Å². The van der Waals surface area contributed by atoms with Crippen molar-refractivity contribution in [3.63, 3.8) is 0 Å². The normalized spacial score (nSPS) is 13.8. The first kappa shape index (κ1) is 35.0. The zero-order valence-electron chi connectivity index (χ0n) is 25.3. The van der Waals surface area contributed by atoms with Gasteiger partial charge in [-0.25, -0.2) is 4.79 Å². The number of para-hydroxylation sites is 1. The number of aromatic hydroxyl groups is 1. The molecule has 0 fully saturated rings. The van der Waals surface area contributed by atoms with Gasteiger partial charge < -0.3 is 48.3 Å². The van der Waals surface area contributed by atoms with E-state index in [1.54, 1.807) is 18.3 Å². The number of hydrogen-bond donors (Lipinski definition) is 9. The van der Waals surface area contributed by atoms with E-state index < -0.39 is 47.9 Å². The number of benzene rings is 2. The predicted molar refractivity (Wildman–Crippen MR) is 171 cm³/mol. The number of H-pyrrole nitrogens is 1. The number of carbonyl (C=O) groups is 4. The number of carbonyl (C=O) groups excluding carboxylic acids is 3. The summed E-state index contributed by atoms with van der Waals surface area (Å²) >= 11 is 0. The van der Waals surface area contributed by atoms with Gasteiger partial charge in [-0.05, 0) is 87.4 Å². The zero-order chi connectivity index (χ0) is 32.8. The van der Waals surface area contributed by atoms with Crippen LogP contribution in [0.4, 0.5) is 0 Å². The molecule has 0 saturated carbocycles. The number of nitrogens with one attached hydrogen (secondary N) is 4. The summed E-state index contributed by atoms with van der Waals surface area (Å²) in [6.45, 7) is 0.789. The molecule has 244 valence electrons. The topological polar surface area (TPSA) is 239 Å². The Balaban J connectivity index is 1.81. The van der Waals surface area contributed by atoms with Gasteiger partial charge in [0.25, 0.3) is 0 Å². The average Bonchev–Trinajstić information content (AvgIpc) is 3.43. The van der Waals surface area contributed by atoms with E-state index in [0.29, 0.717) is 38.8 Å². The van der Waals surface area contributed by atoms with Gasteiger partial charge in [-0.15, -0.1) is 0 Å². The Morgan fingerprint density at radius 2 is 1.31 bits per heavy atom.